The summed E-state index contributed by atoms with van der Waals surface area (Å²) in [6, 6.07) is 14.2. The van der Waals surface area contributed by atoms with Gasteiger partial charge in [0.15, 0.2) is 11.5 Å². The van der Waals surface area contributed by atoms with Crippen LogP contribution in [0.4, 0.5) is 0 Å². The zero-order valence-corrected chi connectivity index (χ0v) is 20.1. The predicted octanol–water partition coefficient (Wildman–Crippen LogP) is 3.01. The van der Waals surface area contributed by atoms with Crippen molar-refractivity contribution in [2.24, 2.45) is 0 Å². The standard InChI is InChI=1S/C25H24ClN5O4/c1-3-30-23-20(14-28-22(29-23)17-7-9-18(26)10-8-17)24(33)31(25(30)34)15-21(32)27-13-16-5-11-19(12-6-16)35-4-2/h5-12,14H,3-4,13,15H2,1-2H3,(H,27,32). The first-order valence-corrected chi connectivity index (χ1v) is 11.5. The van der Waals surface area contributed by atoms with Gasteiger partial charge in [-0.25, -0.2) is 14.8 Å². The lowest BCUT2D eigenvalue weighted by Crippen LogP contribution is -2.44. The van der Waals surface area contributed by atoms with Crippen LogP contribution in [-0.2, 0) is 24.4 Å². The van der Waals surface area contributed by atoms with Gasteiger partial charge in [0.1, 0.15) is 17.7 Å². The second kappa shape index (κ2) is 10.5. The summed E-state index contributed by atoms with van der Waals surface area (Å²) in [7, 11) is 0. The van der Waals surface area contributed by atoms with Crippen molar-refractivity contribution in [2.45, 2.75) is 33.5 Å². The molecule has 0 atom stereocenters. The number of aryl methyl sites for hydroxylation is 1. The molecule has 180 valence electrons. The van der Waals surface area contributed by atoms with Crippen molar-refractivity contribution in [3.8, 4) is 17.1 Å². The normalized spacial score (nSPS) is 10.9. The van der Waals surface area contributed by atoms with Crippen LogP contribution in [-0.4, -0.2) is 31.6 Å². The number of aromatic nitrogens is 4. The number of ether oxygens (including phenoxy) is 1. The minimum absolute atomic E-state index is 0.156. The van der Waals surface area contributed by atoms with Gasteiger partial charge in [0.25, 0.3) is 5.56 Å². The molecule has 0 aliphatic rings. The Morgan fingerprint density at radius 2 is 1.74 bits per heavy atom. The fourth-order valence-corrected chi connectivity index (χ4v) is 3.76. The first kappa shape index (κ1) is 24.2. The van der Waals surface area contributed by atoms with Crippen molar-refractivity contribution < 1.29 is 9.53 Å². The fraction of sp³-hybridized carbons (Fsp3) is 0.240. The molecule has 0 spiro atoms. The first-order valence-electron chi connectivity index (χ1n) is 11.2. The number of amides is 1. The molecule has 1 N–H and O–H groups in total. The largest absolute Gasteiger partial charge is 0.494 e. The van der Waals surface area contributed by atoms with Crippen LogP contribution in [0, 0.1) is 0 Å². The molecule has 35 heavy (non-hydrogen) atoms. The summed E-state index contributed by atoms with van der Waals surface area (Å²) in [4.78, 5) is 47.5. The van der Waals surface area contributed by atoms with Gasteiger partial charge in [-0.05, 0) is 55.8 Å². The van der Waals surface area contributed by atoms with E-state index in [-0.39, 0.29) is 24.1 Å². The number of hydrogen-bond donors (Lipinski definition) is 1. The Bertz CT molecular complexity index is 1480. The van der Waals surface area contributed by atoms with Gasteiger partial charge in [0.2, 0.25) is 5.91 Å². The van der Waals surface area contributed by atoms with Gasteiger partial charge in [-0.1, -0.05) is 23.7 Å². The van der Waals surface area contributed by atoms with Crippen molar-refractivity contribution >= 4 is 28.5 Å². The minimum atomic E-state index is -0.617. The van der Waals surface area contributed by atoms with E-state index in [1.807, 2.05) is 31.2 Å². The second-order valence-corrected chi connectivity index (χ2v) is 8.15. The summed E-state index contributed by atoms with van der Waals surface area (Å²) >= 11 is 5.95. The molecule has 0 saturated heterocycles. The first-order chi connectivity index (χ1) is 16.9. The molecule has 0 radical (unpaired) electrons. The molecule has 4 rings (SSSR count). The van der Waals surface area contributed by atoms with E-state index < -0.39 is 23.7 Å². The van der Waals surface area contributed by atoms with E-state index in [0.29, 0.717) is 23.0 Å². The maximum Gasteiger partial charge on any atom is 0.333 e. The molecule has 4 aromatic rings. The van der Waals surface area contributed by atoms with E-state index in [4.69, 9.17) is 16.3 Å². The molecule has 0 fully saturated rings. The van der Waals surface area contributed by atoms with Crippen LogP contribution in [0.1, 0.15) is 19.4 Å². The van der Waals surface area contributed by atoms with Gasteiger partial charge in [0, 0.05) is 29.9 Å². The average Bonchev–Trinajstić information content (AvgIpc) is 2.87. The van der Waals surface area contributed by atoms with E-state index in [2.05, 4.69) is 15.3 Å². The molecule has 0 bridgehead atoms. The van der Waals surface area contributed by atoms with Gasteiger partial charge < -0.3 is 10.1 Å². The second-order valence-electron chi connectivity index (χ2n) is 7.71. The van der Waals surface area contributed by atoms with E-state index in [9.17, 15) is 14.4 Å². The zero-order chi connectivity index (χ0) is 24.9. The van der Waals surface area contributed by atoms with Crippen LogP contribution in [0.25, 0.3) is 22.4 Å². The molecule has 2 heterocycles. The number of nitrogens with zero attached hydrogens (tertiary/aromatic N) is 4. The SMILES string of the molecule is CCOc1ccc(CNC(=O)Cn2c(=O)c3cnc(-c4ccc(Cl)cc4)nc3n(CC)c2=O)cc1. The highest BCUT2D eigenvalue weighted by Crippen LogP contribution is 2.19. The average molecular weight is 494 g/mol. The number of halogens is 1. The molecule has 1 amide bonds. The van der Waals surface area contributed by atoms with Crippen LogP contribution in [0.2, 0.25) is 5.02 Å². The lowest BCUT2D eigenvalue weighted by atomic mass is 10.2. The number of fused-ring (bicyclic) bond motifs is 1. The quantitative estimate of drug-likeness (QED) is 0.404. The van der Waals surface area contributed by atoms with Crippen LogP contribution in [0.3, 0.4) is 0 Å². The van der Waals surface area contributed by atoms with Crippen molar-refractivity contribution in [3.05, 3.63) is 86.2 Å². The zero-order valence-electron chi connectivity index (χ0n) is 19.3. The predicted molar refractivity (Wildman–Crippen MR) is 134 cm³/mol. The smallest absolute Gasteiger partial charge is 0.333 e. The third-order valence-electron chi connectivity index (χ3n) is 5.41. The van der Waals surface area contributed by atoms with Gasteiger partial charge >= 0.3 is 5.69 Å². The van der Waals surface area contributed by atoms with Gasteiger partial charge in [-0.15, -0.1) is 0 Å². The van der Waals surface area contributed by atoms with Crippen LogP contribution >= 0.6 is 11.6 Å². The molecule has 0 aliphatic carbocycles. The summed E-state index contributed by atoms with van der Waals surface area (Å²) in [6.07, 6.45) is 1.38. The van der Waals surface area contributed by atoms with Crippen LogP contribution < -0.4 is 21.3 Å². The summed E-state index contributed by atoms with van der Waals surface area (Å²) in [5, 5.41) is 3.47. The van der Waals surface area contributed by atoms with Gasteiger partial charge in [0.05, 0.1) is 6.61 Å². The Labute approximate surface area is 206 Å². The Balaban J connectivity index is 1.59. The van der Waals surface area contributed by atoms with Crippen LogP contribution in [0.5, 0.6) is 5.75 Å². The Hall–Kier alpha value is -3.98. The van der Waals surface area contributed by atoms with Crippen molar-refractivity contribution in [1.29, 1.82) is 0 Å². The molecular weight excluding hydrogens is 470 g/mol. The number of carbonyl (C=O) groups is 1. The molecule has 0 aliphatic heterocycles. The minimum Gasteiger partial charge on any atom is -0.494 e. The summed E-state index contributed by atoms with van der Waals surface area (Å²) < 4.78 is 7.67. The highest BCUT2D eigenvalue weighted by molar-refractivity contribution is 6.30. The lowest BCUT2D eigenvalue weighted by Gasteiger charge is -2.13. The summed E-state index contributed by atoms with van der Waals surface area (Å²) in [6.45, 7) is 4.35. The van der Waals surface area contributed by atoms with E-state index in [0.717, 1.165) is 15.9 Å². The maximum atomic E-state index is 13.1. The maximum absolute atomic E-state index is 13.1. The van der Waals surface area contributed by atoms with Crippen molar-refractivity contribution in [2.75, 3.05) is 6.61 Å². The summed E-state index contributed by atoms with van der Waals surface area (Å²) in [5.74, 6) is 0.645. The molecule has 0 saturated carbocycles. The fourth-order valence-electron chi connectivity index (χ4n) is 3.63. The highest BCUT2D eigenvalue weighted by Gasteiger charge is 2.17. The number of nitrogens with one attached hydrogen (secondary N) is 1. The molecule has 0 unspecified atom stereocenters. The van der Waals surface area contributed by atoms with Crippen molar-refractivity contribution in [1.82, 2.24) is 24.4 Å². The van der Waals surface area contributed by atoms with E-state index in [1.165, 1.54) is 10.8 Å². The number of carbonyl (C=O) groups excluding carboxylic acids is 1. The summed E-state index contributed by atoms with van der Waals surface area (Å²) in [5.41, 5.74) is 0.551. The third kappa shape index (κ3) is 5.25. The third-order valence-corrected chi connectivity index (χ3v) is 5.66. The molecule has 2 aromatic carbocycles. The van der Waals surface area contributed by atoms with Crippen LogP contribution in [0.15, 0.2) is 64.3 Å². The molecule has 2 aromatic heterocycles. The highest BCUT2D eigenvalue weighted by atomic mass is 35.5. The van der Waals surface area contributed by atoms with E-state index in [1.54, 1.807) is 31.2 Å². The van der Waals surface area contributed by atoms with Crippen molar-refractivity contribution in [3.63, 3.8) is 0 Å². The Morgan fingerprint density at radius 3 is 2.40 bits per heavy atom. The van der Waals surface area contributed by atoms with Gasteiger partial charge in [-0.2, -0.15) is 0 Å². The number of rotatable bonds is 8. The Morgan fingerprint density at radius 1 is 1.03 bits per heavy atom. The van der Waals surface area contributed by atoms with E-state index >= 15 is 0 Å². The topological polar surface area (TPSA) is 108 Å². The Kier molecular flexibility index (Phi) is 7.26. The molecule has 10 heteroatoms. The number of hydrogen-bond acceptors (Lipinski definition) is 6. The monoisotopic (exact) mass is 493 g/mol. The molecule has 9 nitrogen and oxygen atoms in total. The lowest BCUT2D eigenvalue weighted by molar-refractivity contribution is -0.121. The molecular formula is C25H24ClN5O4. The number of benzene rings is 2. The van der Waals surface area contributed by atoms with Gasteiger partial charge in [-0.3, -0.25) is 18.7 Å².